The van der Waals surface area contributed by atoms with E-state index >= 15 is 0 Å². The van der Waals surface area contributed by atoms with Gasteiger partial charge in [0.05, 0.1) is 5.41 Å². The Balaban J connectivity index is 0.00000451. The van der Waals surface area contributed by atoms with E-state index in [0.29, 0.717) is 24.3 Å². The van der Waals surface area contributed by atoms with Crippen LogP contribution in [-0.2, 0) is 25.7 Å². The zero-order valence-electron chi connectivity index (χ0n) is 25.7. The Kier molecular flexibility index (Phi) is 13.4. The van der Waals surface area contributed by atoms with Crippen LogP contribution in [0.3, 0.4) is 0 Å². The molecule has 0 amide bonds. The van der Waals surface area contributed by atoms with Crippen LogP contribution in [0.2, 0.25) is 0 Å². The summed E-state index contributed by atoms with van der Waals surface area (Å²) >= 11 is 0. The molecule has 0 atom stereocenters. The number of halogens is 8. The first-order chi connectivity index (χ1) is 22.4. The van der Waals surface area contributed by atoms with E-state index in [4.69, 9.17) is 0 Å². The monoisotopic (exact) mass is 788 g/mol. The second-order valence-corrected chi connectivity index (χ2v) is 12.9. The van der Waals surface area contributed by atoms with Crippen molar-refractivity contribution in [1.82, 2.24) is 0 Å². The molecule has 4 aromatic rings. The van der Waals surface area contributed by atoms with Crippen molar-refractivity contribution in [2.45, 2.75) is 28.1 Å². The van der Waals surface area contributed by atoms with E-state index < -0.39 is 59.9 Å². The van der Waals surface area contributed by atoms with Gasteiger partial charge in [-0.15, -0.1) is 0 Å². The molecule has 264 valence electrons. The maximum absolute atomic E-state index is 14.1. The summed E-state index contributed by atoms with van der Waals surface area (Å²) < 4.78 is 184. The Morgan fingerprint density at radius 2 is 0.667 bits per heavy atom. The maximum atomic E-state index is 14.1. The van der Waals surface area contributed by atoms with Gasteiger partial charge in [0.15, 0.2) is 20.2 Å². The molecule has 0 bridgehead atoms. The summed E-state index contributed by atoms with van der Waals surface area (Å²) in [6.45, 7) is 0. The van der Waals surface area contributed by atoms with Gasteiger partial charge in [-0.1, -0.05) is 48.5 Å². The summed E-state index contributed by atoms with van der Waals surface area (Å²) in [6.07, 6.45) is -11.7. The number of hydrogen-bond donors (Lipinski definition) is 2. The number of aromatic hydroxyl groups is 2. The molecule has 0 spiro atoms. The molecule has 4 rings (SSSR count). The predicted octanol–water partition coefficient (Wildman–Crippen LogP) is -0.292. The van der Waals surface area contributed by atoms with Gasteiger partial charge in [-0.2, -0.15) is 35.1 Å². The van der Waals surface area contributed by atoms with Crippen LogP contribution in [0.15, 0.2) is 97.1 Å². The predicted molar refractivity (Wildman–Crippen MR) is 149 cm³/mol. The first-order valence-electron chi connectivity index (χ1n) is 13.0. The molecule has 0 aliphatic carbocycles. The summed E-state index contributed by atoms with van der Waals surface area (Å²) in [4.78, 5) is 0. The van der Waals surface area contributed by atoms with Crippen molar-refractivity contribution in [3.8, 4) is 23.0 Å². The van der Waals surface area contributed by atoms with Gasteiger partial charge in [0, 0.05) is 0 Å². The minimum absolute atomic E-state index is 0. The molecule has 0 aromatic heterocycles. The van der Waals surface area contributed by atoms with Crippen LogP contribution in [0.25, 0.3) is 0 Å². The third-order valence-corrected chi connectivity index (χ3v) is 8.70. The van der Waals surface area contributed by atoms with E-state index in [0.717, 1.165) is 24.3 Å². The van der Waals surface area contributed by atoms with Crippen LogP contribution in [0.4, 0.5) is 35.1 Å². The van der Waals surface area contributed by atoms with E-state index in [1.54, 1.807) is 0 Å². The van der Waals surface area contributed by atoms with Gasteiger partial charge in [-0.3, -0.25) is 0 Å². The molecular weight excluding hydrogens is 770 g/mol. The van der Waals surface area contributed by atoms with Gasteiger partial charge in [0.2, 0.25) is 0 Å². The van der Waals surface area contributed by atoms with Gasteiger partial charge in [0.1, 0.15) is 23.0 Å². The van der Waals surface area contributed by atoms with Crippen molar-refractivity contribution in [3.63, 3.8) is 0 Å². The molecule has 0 saturated heterocycles. The largest absolute Gasteiger partial charge is 1.00 e. The topological polar surface area (TPSA) is 173 Å². The van der Waals surface area contributed by atoms with Crippen molar-refractivity contribution in [1.29, 1.82) is 0 Å². The molecule has 0 heterocycles. The Morgan fingerprint density at radius 1 is 0.451 bits per heavy atom. The molecule has 0 fully saturated rings. The number of alkyl halides is 8. The minimum atomic E-state index is -6.90. The number of ether oxygens (including phenoxy) is 2. The number of rotatable bonds is 12. The van der Waals surface area contributed by atoms with Crippen LogP contribution in [-0.4, -0.2) is 58.9 Å². The second-order valence-electron chi connectivity index (χ2n) is 10.1. The first kappa shape index (κ1) is 44.5. The van der Waals surface area contributed by atoms with Crippen LogP contribution in [0.1, 0.15) is 22.3 Å². The second kappa shape index (κ2) is 15.4. The standard InChI is InChI=1S/C29H20F8O10S2.2Na/c30-26(31,28(34,35)48(40,41)42)46-23-13-5-19(6-14-23)25(17-1-9-21(38)10-2-17,18-3-11-22(39)12-4-18)20-7-15-24(16-8-20)47-27(32,33)29(36,37)49(43,44)45;;/h1-16,38-39H,(H,40,41,42)(H,43,44,45);;/q;2*+1/p-2. The van der Waals surface area contributed by atoms with Gasteiger partial charge >= 0.3 is 81.8 Å². The van der Waals surface area contributed by atoms with Crippen LogP contribution in [0, 0.1) is 0 Å². The quantitative estimate of drug-likeness (QED) is 0.0841. The molecule has 22 heteroatoms. The zero-order chi connectivity index (χ0) is 36.8. The van der Waals surface area contributed by atoms with Gasteiger partial charge in [-0.05, 0) is 70.8 Å². The molecule has 0 aliphatic rings. The molecular formula is C29H18F8Na2O10S2. The Morgan fingerprint density at radius 3 is 0.882 bits per heavy atom. The third-order valence-electron chi connectivity index (χ3n) is 6.97. The smallest absolute Gasteiger partial charge is 0.743 e. The van der Waals surface area contributed by atoms with Crippen molar-refractivity contribution in [2.24, 2.45) is 0 Å². The summed E-state index contributed by atoms with van der Waals surface area (Å²) in [5, 5.41) is 7.51. The van der Waals surface area contributed by atoms with Gasteiger partial charge in [-0.25, -0.2) is 16.8 Å². The maximum Gasteiger partial charge on any atom is 1.00 e. The molecule has 0 aliphatic heterocycles. The van der Waals surface area contributed by atoms with Crippen LogP contribution in [0.5, 0.6) is 23.0 Å². The number of benzene rings is 4. The number of phenols is 2. The van der Waals surface area contributed by atoms with E-state index in [-0.39, 0.29) is 92.9 Å². The normalized spacial score (nSPS) is 13.1. The summed E-state index contributed by atoms with van der Waals surface area (Å²) in [5.74, 6) is -2.65. The molecule has 4 aromatic carbocycles. The zero-order valence-corrected chi connectivity index (χ0v) is 31.4. The van der Waals surface area contributed by atoms with Crippen molar-refractivity contribution < 1.29 is 140 Å². The molecule has 0 radical (unpaired) electrons. The summed E-state index contributed by atoms with van der Waals surface area (Å²) in [6, 6.07) is 16.8. The van der Waals surface area contributed by atoms with E-state index in [2.05, 4.69) is 9.47 Å². The number of phenolic OH excluding ortho intramolecular Hbond substituents is 2. The SMILES string of the molecule is O=S(=O)([O-])C(F)(F)C(F)(F)Oc1ccc(C(c2ccc(O)cc2)(c2ccc(O)cc2)c2ccc(OC(F)(F)C(F)(F)S(=O)(=O)[O-])cc2)cc1.[Na+].[Na+]. The first-order valence-corrected chi connectivity index (χ1v) is 15.8. The van der Waals surface area contributed by atoms with E-state index in [9.17, 15) is 71.3 Å². The van der Waals surface area contributed by atoms with Crippen molar-refractivity contribution in [3.05, 3.63) is 119 Å². The number of hydrogen-bond acceptors (Lipinski definition) is 10. The summed E-state index contributed by atoms with van der Waals surface area (Å²) in [5.41, 5.74) is -1.32. The summed E-state index contributed by atoms with van der Waals surface area (Å²) in [7, 11) is -13.8. The fourth-order valence-electron chi connectivity index (χ4n) is 4.67. The Hall–Kier alpha value is -2.66. The van der Waals surface area contributed by atoms with E-state index in [1.165, 1.54) is 48.5 Å². The van der Waals surface area contributed by atoms with Crippen LogP contribution < -0.4 is 68.6 Å². The molecule has 0 saturated carbocycles. The van der Waals surface area contributed by atoms with Crippen molar-refractivity contribution in [2.75, 3.05) is 0 Å². The third kappa shape index (κ3) is 8.45. The Labute approximate surface area is 328 Å². The van der Waals surface area contributed by atoms with Crippen LogP contribution >= 0.6 is 0 Å². The van der Waals surface area contributed by atoms with Gasteiger partial charge in [0.25, 0.3) is 0 Å². The van der Waals surface area contributed by atoms with Gasteiger partial charge < -0.3 is 28.8 Å². The molecule has 51 heavy (non-hydrogen) atoms. The molecule has 0 unspecified atom stereocenters. The van der Waals surface area contributed by atoms with E-state index in [1.807, 2.05) is 0 Å². The Bertz CT molecular complexity index is 1890. The van der Waals surface area contributed by atoms with Crippen molar-refractivity contribution >= 4 is 20.2 Å². The molecule has 10 nitrogen and oxygen atoms in total. The minimum Gasteiger partial charge on any atom is -0.743 e. The molecule has 2 N–H and O–H groups in total. The fraction of sp³-hybridized carbons (Fsp3) is 0.172. The average molecular weight is 789 g/mol. The fourth-order valence-corrected chi connectivity index (χ4v) is 5.34. The average Bonchev–Trinajstić information content (AvgIpc) is 2.99.